The number of carbonyl (C=O) groups is 6. The normalized spacial score (nSPS) is 16.4. The lowest BCUT2D eigenvalue weighted by molar-refractivity contribution is -0.177. The van der Waals surface area contributed by atoms with Gasteiger partial charge in [-0.15, -0.1) is 0 Å². The third kappa shape index (κ3) is 20.9. The summed E-state index contributed by atoms with van der Waals surface area (Å²) in [4.78, 5) is 71.5. The van der Waals surface area contributed by atoms with Crippen molar-refractivity contribution in [3.05, 3.63) is 0 Å². The van der Waals surface area contributed by atoms with Crippen LogP contribution in [0.3, 0.4) is 0 Å². The van der Waals surface area contributed by atoms with Gasteiger partial charge in [-0.2, -0.15) is 0 Å². The monoisotopic (exact) mass is 690 g/mol. The summed E-state index contributed by atoms with van der Waals surface area (Å²) in [5, 5.41) is 56.1. The van der Waals surface area contributed by atoms with Crippen LogP contribution in [-0.4, -0.2) is 90.9 Å². The van der Waals surface area contributed by atoms with E-state index >= 15 is 0 Å². The maximum Gasteiger partial charge on any atom is 0.307 e. The molecule has 0 aromatic heterocycles. The summed E-state index contributed by atoms with van der Waals surface area (Å²) in [5.41, 5.74) is 0. The second-order valence-electron chi connectivity index (χ2n) is 13.1. The molecule has 0 heterocycles. The van der Waals surface area contributed by atoms with E-state index in [0.29, 0.717) is 12.8 Å². The van der Waals surface area contributed by atoms with Gasteiger partial charge in [0, 0.05) is 0 Å². The van der Waals surface area contributed by atoms with E-state index in [-0.39, 0.29) is 18.3 Å². The first-order valence-corrected chi connectivity index (χ1v) is 17.1. The number of aliphatic hydroxyl groups excluding tert-OH is 2. The summed E-state index contributed by atoms with van der Waals surface area (Å²) in [5.74, 6) is -11.2. The van der Waals surface area contributed by atoms with Gasteiger partial charge in [0.05, 0.1) is 49.7 Å². The third-order valence-corrected chi connectivity index (χ3v) is 8.50. The zero-order valence-corrected chi connectivity index (χ0v) is 28.9. The van der Waals surface area contributed by atoms with Crippen LogP contribution in [-0.2, 0) is 38.2 Å². The number of esters is 2. The molecule has 0 rings (SSSR count). The SMILES string of the molecule is CCCCC(C)C(OC(=O)CC(CC(=O)O)C(=O)O)C(CC(C)CCCCCCCCC(O)C(C)O)OC(=O)CC(CC(=O)O)C(=O)O. The molecule has 0 aliphatic carbocycles. The molecule has 0 amide bonds. The molecule has 6 N–H and O–H groups in total. The summed E-state index contributed by atoms with van der Waals surface area (Å²) in [6.45, 7) is 7.24. The van der Waals surface area contributed by atoms with Gasteiger partial charge >= 0.3 is 35.8 Å². The van der Waals surface area contributed by atoms with E-state index in [0.717, 1.165) is 57.8 Å². The molecule has 14 heteroatoms. The predicted octanol–water partition coefficient (Wildman–Crippen LogP) is 4.66. The first-order valence-electron chi connectivity index (χ1n) is 17.1. The number of unbranched alkanes of at least 4 members (excludes halogenated alkanes) is 6. The lowest BCUT2D eigenvalue weighted by atomic mass is 9.87. The van der Waals surface area contributed by atoms with E-state index < -0.39 is 97.8 Å². The topological polar surface area (TPSA) is 242 Å². The molecule has 0 saturated carbocycles. The molecule has 0 fully saturated rings. The van der Waals surface area contributed by atoms with Crippen molar-refractivity contribution in [2.24, 2.45) is 23.7 Å². The molecule has 0 aromatic carbocycles. The van der Waals surface area contributed by atoms with Gasteiger partial charge in [-0.25, -0.2) is 0 Å². The predicted molar refractivity (Wildman–Crippen MR) is 173 cm³/mol. The summed E-state index contributed by atoms with van der Waals surface area (Å²) in [7, 11) is 0. The van der Waals surface area contributed by atoms with E-state index in [1.165, 1.54) is 0 Å². The standard InChI is InChI=1S/C34H58O14/c1-5-6-14-22(3)32(48-31(42)20-25(34(45)46)18-29(39)40)27(47-30(41)19-24(33(43)44)17-28(37)38)16-21(2)13-11-9-7-8-10-12-15-26(36)23(4)35/h21-27,32,35-36H,5-20H2,1-4H3,(H,37,38)(H,39,40)(H,43,44)(H,45,46). The smallest absolute Gasteiger partial charge is 0.307 e. The van der Waals surface area contributed by atoms with Crippen LogP contribution >= 0.6 is 0 Å². The van der Waals surface area contributed by atoms with Crippen molar-refractivity contribution in [3.63, 3.8) is 0 Å². The quantitative estimate of drug-likeness (QED) is 0.0462. The summed E-state index contributed by atoms with van der Waals surface area (Å²) in [6, 6.07) is 0. The summed E-state index contributed by atoms with van der Waals surface area (Å²) in [6.07, 6.45) is 2.44. The molecule has 0 aliphatic heterocycles. The minimum atomic E-state index is -1.53. The Balaban J connectivity index is 5.80. The molecule has 278 valence electrons. The van der Waals surface area contributed by atoms with Crippen LogP contribution in [0, 0.1) is 23.7 Å². The van der Waals surface area contributed by atoms with Crippen LogP contribution in [0.2, 0.25) is 0 Å². The van der Waals surface area contributed by atoms with E-state index in [1.807, 2.05) is 13.8 Å². The van der Waals surface area contributed by atoms with Crippen molar-refractivity contribution in [3.8, 4) is 0 Å². The summed E-state index contributed by atoms with van der Waals surface area (Å²) < 4.78 is 11.5. The van der Waals surface area contributed by atoms with Crippen molar-refractivity contribution >= 4 is 35.8 Å². The Bertz CT molecular complexity index is 996. The van der Waals surface area contributed by atoms with Gasteiger partial charge in [-0.3, -0.25) is 28.8 Å². The zero-order valence-electron chi connectivity index (χ0n) is 28.9. The Morgan fingerprint density at radius 3 is 1.48 bits per heavy atom. The fourth-order valence-corrected chi connectivity index (χ4v) is 5.54. The highest BCUT2D eigenvalue weighted by atomic mass is 16.6. The van der Waals surface area contributed by atoms with Crippen LogP contribution in [0.1, 0.15) is 130 Å². The molecule has 8 atom stereocenters. The van der Waals surface area contributed by atoms with Crippen LogP contribution in [0.5, 0.6) is 0 Å². The Morgan fingerprint density at radius 2 is 1.04 bits per heavy atom. The van der Waals surface area contributed by atoms with Crippen LogP contribution in [0.25, 0.3) is 0 Å². The van der Waals surface area contributed by atoms with E-state index in [9.17, 15) is 49.2 Å². The number of carbonyl (C=O) groups excluding carboxylic acids is 2. The third-order valence-electron chi connectivity index (χ3n) is 8.50. The Labute approximate surface area is 283 Å². The van der Waals surface area contributed by atoms with Crippen molar-refractivity contribution in [1.82, 2.24) is 0 Å². The average Bonchev–Trinajstić information content (AvgIpc) is 2.98. The van der Waals surface area contributed by atoms with E-state index in [1.54, 1.807) is 13.8 Å². The first kappa shape index (κ1) is 44.7. The molecule has 0 spiro atoms. The van der Waals surface area contributed by atoms with Crippen molar-refractivity contribution in [1.29, 1.82) is 0 Å². The highest BCUT2D eigenvalue weighted by Gasteiger charge is 2.36. The number of aliphatic carboxylic acids is 4. The molecule has 0 aromatic rings. The maximum absolute atomic E-state index is 13.0. The molecular formula is C34H58O14. The molecule has 0 saturated heterocycles. The van der Waals surface area contributed by atoms with Crippen LogP contribution in [0.4, 0.5) is 0 Å². The second-order valence-corrected chi connectivity index (χ2v) is 13.1. The fourth-order valence-electron chi connectivity index (χ4n) is 5.54. The van der Waals surface area contributed by atoms with Gasteiger partial charge in [0.2, 0.25) is 0 Å². The number of carboxylic acid groups (broad SMARTS) is 4. The highest BCUT2D eigenvalue weighted by molar-refractivity contribution is 5.83. The average molecular weight is 691 g/mol. The lowest BCUT2D eigenvalue weighted by Gasteiger charge is -2.33. The van der Waals surface area contributed by atoms with Gasteiger partial charge in [-0.05, 0) is 38.0 Å². The van der Waals surface area contributed by atoms with E-state index in [2.05, 4.69) is 0 Å². The molecule has 14 nitrogen and oxygen atoms in total. The summed E-state index contributed by atoms with van der Waals surface area (Å²) >= 11 is 0. The largest absolute Gasteiger partial charge is 0.481 e. The number of hydrogen-bond donors (Lipinski definition) is 6. The first-order chi connectivity index (χ1) is 22.5. The highest BCUT2D eigenvalue weighted by Crippen LogP contribution is 2.29. The van der Waals surface area contributed by atoms with Gasteiger partial charge in [0.25, 0.3) is 0 Å². The Morgan fingerprint density at radius 1 is 0.583 bits per heavy atom. The number of aliphatic hydroxyl groups is 2. The Hall–Kier alpha value is -3.26. The zero-order chi connectivity index (χ0) is 36.8. The lowest BCUT2D eigenvalue weighted by Crippen LogP contribution is -2.42. The fraction of sp³-hybridized carbons (Fsp3) is 0.824. The molecule has 0 radical (unpaired) electrons. The molecule has 0 aliphatic rings. The molecule has 48 heavy (non-hydrogen) atoms. The number of ether oxygens (including phenoxy) is 2. The molecule has 8 unspecified atom stereocenters. The second kappa shape index (κ2) is 24.8. The van der Waals surface area contributed by atoms with Gasteiger partial charge < -0.3 is 40.1 Å². The molecule has 0 bridgehead atoms. The maximum atomic E-state index is 13.0. The van der Waals surface area contributed by atoms with Crippen molar-refractivity contribution < 1.29 is 68.9 Å². The number of rotatable bonds is 29. The minimum Gasteiger partial charge on any atom is -0.481 e. The number of hydrogen-bond acceptors (Lipinski definition) is 10. The van der Waals surface area contributed by atoms with Gasteiger partial charge in [0.1, 0.15) is 12.2 Å². The Kier molecular flexibility index (Phi) is 23.1. The molecular weight excluding hydrogens is 632 g/mol. The van der Waals surface area contributed by atoms with Gasteiger partial charge in [0.15, 0.2) is 0 Å². The van der Waals surface area contributed by atoms with Crippen molar-refractivity contribution in [2.75, 3.05) is 0 Å². The number of carboxylic acids is 4. The minimum absolute atomic E-state index is 0.0448. The van der Waals surface area contributed by atoms with Crippen molar-refractivity contribution in [2.45, 2.75) is 155 Å². The van der Waals surface area contributed by atoms with E-state index in [4.69, 9.17) is 19.7 Å². The van der Waals surface area contributed by atoms with Crippen LogP contribution in [0.15, 0.2) is 0 Å². The van der Waals surface area contributed by atoms with Gasteiger partial charge in [-0.1, -0.05) is 78.6 Å². The van der Waals surface area contributed by atoms with Crippen LogP contribution < -0.4 is 0 Å².